The molecule has 0 spiro atoms. The molecule has 0 heteroatoms. The SMILES string of the molecule is C1=CC2CC2C=C1Cc1ccccc1. The van der Waals surface area contributed by atoms with Gasteiger partial charge in [0.05, 0.1) is 0 Å². The molecular formula is C14H14. The Morgan fingerprint density at radius 2 is 1.93 bits per heavy atom. The average molecular weight is 182 g/mol. The Balaban J connectivity index is 1.76. The third kappa shape index (κ3) is 1.52. The van der Waals surface area contributed by atoms with Crippen molar-refractivity contribution in [3.05, 3.63) is 59.7 Å². The van der Waals surface area contributed by atoms with Crippen molar-refractivity contribution in [2.24, 2.45) is 11.8 Å². The largest absolute Gasteiger partial charge is 0.0805 e. The maximum atomic E-state index is 2.46. The minimum atomic E-state index is 0.874. The number of hydrogen-bond donors (Lipinski definition) is 0. The second-order valence-electron chi connectivity index (χ2n) is 4.33. The Bertz CT molecular complexity index is 384. The highest BCUT2D eigenvalue weighted by Gasteiger charge is 2.34. The van der Waals surface area contributed by atoms with Crippen LogP contribution in [0.4, 0.5) is 0 Å². The maximum absolute atomic E-state index is 2.46. The van der Waals surface area contributed by atoms with Gasteiger partial charge in [-0.15, -0.1) is 0 Å². The second-order valence-corrected chi connectivity index (χ2v) is 4.33. The van der Waals surface area contributed by atoms with E-state index in [-0.39, 0.29) is 0 Å². The number of allylic oxidation sites excluding steroid dienone is 4. The van der Waals surface area contributed by atoms with Crippen LogP contribution in [-0.4, -0.2) is 0 Å². The molecule has 0 aromatic heterocycles. The standard InChI is InChI=1S/C14H14/c1-2-4-11(5-3-1)8-12-6-7-13-10-14(13)9-12/h1-7,9,13-14H,8,10H2. The molecule has 14 heavy (non-hydrogen) atoms. The van der Waals surface area contributed by atoms with Crippen LogP contribution >= 0.6 is 0 Å². The van der Waals surface area contributed by atoms with Crippen molar-refractivity contribution in [1.29, 1.82) is 0 Å². The van der Waals surface area contributed by atoms with Crippen molar-refractivity contribution in [2.75, 3.05) is 0 Å². The van der Waals surface area contributed by atoms with Crippen LogP contribution in [-0.2, 0) is 6.42 Å². The van der Waals surface area contributed by atoms with Gasteiger partial charge >= 0.3 is 0 Å². The molecule has 2 aliphatic carbocycles. The van der Waals surface area contributed by atoms with Crippen molar-refractivity contribution in [1.82, 2.24) is 0 Å². The van der Waals surface area contributed by atoms with E-state index < -0.39 is 0 Å². The van der Waals surface area contributed by atoms with Gasteiger partial charge in [0.25, 0.3) is 0 Å². The van der Waals surface area contributed by atoms with Crippen LogP contribution in [0.5, 0.6) is 0 Å². The molecule has 0 N–H and O–H groups in total. The molecule has 3 rings (SSSR count). The van der Waals surface area contributed by atoms with E-state index in [0.717, 1.165) is 18.3 Å². The topological polar surface area (TPSA) is 0 Å². The van der Waals surface area contributed by atoms with Gasteiger partial charge in [0.2, 0.25) is 0 Å². The Morgan fingerprint density at radius 3 is 2.71 bits per heavy atom. The minimum Gasteiger partial charge on any atom is -0.0805 e. The van der Waals surface area contributed by atoms with Gasteiger partial charge in [-0.05, 0) is 35.8 Å². The van der Waals surface area contributed by atoms with E-state index in [1.807, 2.05) is 0 Å². The Hall–Kier alpha value is -1.30. The summed E-state index contributed by atoms with van der Waals surface area (Å²) in [5.74, 6) is 1.76. The lowest BCUT2D eigenvalue weighted by molar-refractivity contribution is 0.948. The van der Waals surface area contributed by atoms with E-state index in [1.165, 1.54) is 17.6 Å². The van der Waals surface area contributed by atoms with E-state index in [0.29, 0.717) is 0 Å². The van der Waals surface area contributed by atoms with Crippen LogP contribution in [0.1, 0.15) is 12.0 Å². The fourth-order valence-electron chi connectivity index (χ4n) is 2.18. The zero-order chi connectivity index (χ0) is 9.38. The lowest BCUT2D eigenvalue weighted by atomic mass is 10.00. The highest BCUT2D eigenvalue weighted by Crippen LogP contribution is 2.44. The molecule has 2 unspecified atom stereocenters. The summed E-state index contributed by atoms with van der Waals surface area (Å²) in [6.07, 6.45) is 9.62. The fraction of sp³-hybridized carbons (Fsp3) is 0.286. The van der Waals surface area contributed by atoms with Crippen molar-refractivity contribution in [2.45, 2.75) is 12.8 Å². The molecule has 1 aromatic carbocycles. The smallest absolute Gasteiger partial charge is 0.00289 e. The van der Waals surface area contributed by atoms with Gasteiger partial charge < -0.3 is 0 Å². The highest BCUT2D eigenvalue weighted by molar-refractivity contribution is 5.35. The molecule has 0 aliphatic heterocycles. The summed E-state index contributed by atoms with van der Waals surface area (Å²) in [6.45, 7) is 0. The average Bonchev–Trinajstić information content (AvgIpc) is 2.97. The minimum absolute atomic E-state index is 0.874. The molecule has 2 atom stereocenters. The van der Waals surface area contributed by atoms with E-state index in [4.69, 9.17) is 0 Å². The Labute approximate surface area is 85.0 Å². The summed E-state index contributed by atoms with van der Waals surface area (Å²) in [5.41, 5.74) is 2.91. The molecule has 0 heterocycles. The molecule has 0 saturated heterocycles. The summed E-state index contributed by atoms with van der Waals surface area (Å²) in [7, 11) is 0. The first kappa shape index (κ1) is 8.05. The lowest BCUT2D eigenvalue weighted by Gasteiger charge is -2.06. The molecule has 0 amide bonds. The van der Waals surface area contributed by atoms with Crippen molar-refractivity contribution in [3.63, 3.8) is 0 Å². The summed E-state index contributed by atoms with van der Waals surface area (Å²) in [6, 6.07) is 10.7. The zero-order valence-corrected chi connectivity index (χ0v) is 8.19. The van der Waals surface area contributed by atoms with Gasteiger partial charge in [-0.3, -0.25) is 0 Å². The molecule has 70 valence electrons. The first-order valence-electron chi connectivity index (χ1n) is 5.34. The number of fused-ring (bicyclic) bond motifs is 1. The summed E-state index contributed by atoms with van der Waals surface area (Å²) < 4.78 is 0. The molecule has 0 nitrogen and oxygen atoms in total. The summed E-state index contributed by atoms with van der Waals surface area (Å²) in [4.78, 5) is 0. The van der Waals surface area contributed by atoms with Crippen LogP contribution in [0.25, 0.3) is 0 Å². The predicted molar refractivity (Wildman–Crippen MR) is 59.0 cm³/mol. The van der Waals surface area contributed by atoms with E-state index in [2.05, 4.69) is 48.6 Å². The van der Waals surface area contributed by atoms with Crippen LogP contribution < -0.4 is 0 Å². The third-order valence-electron chi connectivity index (χ3n) is 3.13. The number of benzene rings is 1. The van der Waals surface area contributed by atoms with Gasteiger partial charge in [0.15, 0.2) is 0 Å². The first-order chi connectivity index (χ1) is 6.92. The van der Waals surface area contributed by atoms with Gasteiger partial charge in [-0.25, -0.2) is 0 Å². The van der Waals surface area contributed by atoms with Crippen LogP contribution in [0.15, 0.2) is 54.1 Å². The monoisotopic (exact) mass is 182 g/mol. The highest BCUT2D eigenvalue weighted by atomic mass is 14.4. The van der Waals surface area contributed by atoms with Gasteiger partial charge in [0.1, 0.15) is 0 Å². The molecule has 1 saturated carbocycles. The summed E-state index contributed by atoms with van der Waals surface area (Å²) >= 11 is 0. The maximum Gasteiger partial charge on any atom is -0.00289 e. The van der Waals surface area contributed by atoms with Crippen molar-refractivity contribution < 1.29 is 0 Å². The van der Waals surface area contributed by atoms with Gasteiger partial charge in [-0.1, -0.05) is 48.6 Å². The molecule has 0 bridgehead atoms. The summed E-state index contributed by atoms with van der Waals surface area (Å²) in [5, 5.41) is 0. The predicted octanol–water partition coefficient (Wildman–Crippen LogP) is 3.36. The third-order valence-corrected chi connectivity index (χ3v) is 3.13. The second kappa shape index (κ2) is 3.13. The quantitative estimate of drug-likeness (QED) is 0.658. The van der Waals surface area contributed by atoms with Gasteiger partial charge in [0, 0.05) is 0 Å². The molecule has 0 radical (unpaired) electrons. The number of rotatable bonds is 2. The number of hydrogen-bond acceptors (Lipinski definition) is 0. The van der Waals surface area contributed by atoms with Gasteiger partial charge in [-0.2, -0.15) is 0 Å². The normalized spacial score (nSPS) is 28.1. The van der Waals surface area contributed by atoms with Crippen LogP contribution in [0, 0.1) is 11.8 Å². The Morgan fingerprint density at radius 1 is 1.07 bits per heavy atom. The molecular weight excluding hydrogens is 168 g/mol. The Kier molecular flexibility index (Phi) is 1.80. The van der Waals surface area contributed by atoms with E-state index >= 15 is 0 Å². The van der Waals surface area contributed by atoms with E-state index in [9.17, 15) is 0 Å². The first-order valence-corrected chi connectivity index (χ1v) is 5.34. The van der Waals surface area contributed by atoms with Crippen LogP contribution in [0.2, 0.25) is 0 Å². The van der Waals surface area contributed by atoms with Crippen molar-refractivity contribution >= 4 is 0 Å². The van der Waals surface area contributed by atoms with E-state index in [1.54, 1.807) is 0 Å². The fourth-order valence-corrected chi connectivity index (χ4v) is 2.18. The molecule has 1 aromatic rings. The molecule has 1 fully saturated rings. The van der Waals surface area contributed by atoms with Crippen LogP contribution in [0.3, 0.4) is 0 Å². The zero-order valence-electron chi connectivity index (χ0n) is 8.19. The van der Waals surface area contributed by atoms with Crippen molar-refractivity contribution in [3.8, 4) is 0 Å². The molecule has 2 aliphatic rings. The lowest BCUT2D eigenvalue weighted by Crippen LogP contribution is -1.92.